The Bertz CT molecular complexity index is 102. The predicted octanol–water partition coefficient (Wildman–Crippen LogP) is 2.93. The summed E-state index contributed by atoms with van der Waals surface area (Å²) in [5.74, 6) is 1.03. The van der Waals surface area contributed by atoms with Crippen LogP contribution in [0.25, 0.3) is 0 Å². The van der Waals surface area contributed by atoms with Crippen molar-refractivity contribution in [1.29, 1.82) is 0 Å². The lowest BCUT2D eigenvalue weighted by Gasteiger charge is -2.27. The van der Waals surface area contributed by atoms with E-state index in [-0.39, 0.29) is 0 Å². The van der Waals surface area contributed by atoms with Gasteiger partial charge in [-0.25, -0.2) is 0 Å². The van der Waals surface area contributed by atoms with Gasteiger partial charge in [0.25, 0.3) is 0 Å². The molecule has 12 heavy (non-hydrogen) atoms. The van der Waals surface area contributed by atoms with Crippen molar-refractivity contribution >= 4 is 0 Å². The van der Waals surface area contributed by atoms with Crippen molar-refractivity contribution < 1.29 is 0 Å². The molecule has 0 aromatic carbocycles. The molecule has 72 valence electrons. The molecule has 0 aromatic heterocycles. The van der Waals surface area contributed by atoms with E-state index in [2.05, 4.69) is 25.5 Å². The third kappa shape index (κ3) is 5.36. The summed E-state index contributed by atoms with van der Waals surface area (Å²) in [6.07, 6.45) is 5.98. The third-order valence-corrected chi connectivity index (χ3v) is 2.42. The van der Waals surface area contributed by atoms with Crippen LogP contribution in [0, 0.1) is 5.92 Å². The van der Waals surface area contributed by atoms with E-state index in [9.17, 15) is 0 Å². The number of hydrogen-bond donors (Lipinski definition) is 0. The minimum Gasteiger partial charge on any atom is -0.306 e. The second kappa shape index (κ2) is 7.35. The van der Waals surface area contributed by atoms with Crippen LogP contribution in [0.2, 0.25) is 0 Å². The first-order chi connectivity index (χ1) is 5.74. The minimum atomic E-state index is 1.03. The number of piperidine rings is 1. The van der Waals surface area contributed by atoms with Crippen molar-refractivity contribution in [2.24, 2.45) is 5.92 Å². The molecule has 0 N–H and O–H groups in total. The lowest BCUT2D eigenvalue weighted by molar-refractivity contribution is 0.216. The molecule has 1 rings (SSSR count). The molecule has 0 spiro atoms. The minimum absolute atomic E-state index is 1.03. The maximum absolute atomic E-state index is 3.36. The summed E-state index contributed by atoms with van der Waals surface area (Å²) in [6.45, 7) is 10.2. The Morgan fingerprint density at radius 3 is 2.17 bits per heavy atom. The van der Waals surface area contributed by atoms with Crippen LogP contribution in [0.3, 0.4) is 0 Å². The van der Waals surface area contributed by atoms with Gasteiger partial charge in [-0.3, -0.25) is 0 Å². The number of allylic oxidation sites excluding steroid dienone is 1. The molecule has 0 aliphatic carbocycles. The Balaban J connectivity index is 0.000000354. The fourth-order valence-electron chi connectivity index (χ4n) is 1.47. The summed E-state index contributed by atoms with van der Waals surface area (Å²) in [6, 6.07) is 0. The molecule has 0 amide bonds. The van der Waals surface area contributed by atoms with Crippen molar-refractivity contribution in [2.75, 3.05) is 20.1 Å². The number of likely N-dealkylation sites (tertiary alicyclic amines) is 1. The highest BCUT2D eigenvalue weighted by molar-refractivity contribution is 4.67. The van der Waals surface area contributed by atoms with E-state index in [1.807, 2.05) is 6.92 Å². The zero-order valence-electron chi connectivity index (χ0n) is 8.84. The van der Waals surface area contributed by atoms with Crippen LogP contribution in [-0.2, 0) is 0 Å². The number of hydrogen-bond acceptors (Lipinski definition) is 1. The molecule has 1 nitrogen and oxygen atoms in total. The van der Waals surface area contributed by atoms with Gasteiger partial charge in [-0.15, -0.1) is 6.58 Å². The average Bonchev–Trinajstić information content (AvgIpc) is 2.07. The number of nitrogens with zero attached hydrogens (tertiary/aromatic N) is 1. The zero-order chi connectivity index (χ0) is 9.40. The van der Waals surface area contributed by atoms with E-state index in [4.69, 9.17) is 0 Å². The van der Waals surface area contributed by atoms with Gasteiger partial charge in [0.1, 0.15) is 0 Å². The normalized spacial score (nSPS) is 19.6. The lowest BCUT2D eigenvalue weighted by atomic mass is 9.95. The molecule has 1 aliphatic heterocycles. The molecular weight excluding hydrogens is 146 g/mol. The highest BCUT2D eigenvalue weighted by Crippen LogP contribution is 2.18. The van der Waals surface area contributed by atoms with Gasteiger partial charge in [-0.05, 0) is 45.8 Å². The summed E-state index contributed by atoms with van der Waals surface area (Å²) in [5, 5.41) is 0. The summed E-state index contributed by atoms with van der Waals surface area (Å²) < 4.78 is 0. The van der Waals surface area contributed by atoms with E-state index in [0.29, 0.717) is 0 Å². The molecule has 0 atom stereocenters. The summed E-state index contributed by atoms with van der Waals surface area (Å²) in [7, 11) is 2.21. The largest absolute Gasteiger partial charge is 0.306 e. The molecule has 1 saturated heterocycles. The Labute approximate surface area is 77.5 Å². The highest BCUT2D eigenvalue weighted by Gasteiger charge is 2.13. The van der Waals surface area contributed by atoms with Crippen LogP contribution in [-0.4, -0.2) is 25.0 Å². The maximum atomic E-state index is 3.36. The number of rotatable bonds is 1. The van der Waals surface area contributed by atoms with Gasteiger partial charge in [-0.2, -0.15) is 0 Å². The van der Waals surface area contributed by atoms with Gasteiger partial charge >= 0.3 is 0 Å². The van der Waals surface area contributed by atoms with Crippen LogP contribution >= 0.6 is 0 Å². The average molecular weight is 169 g/mol. The zero-order valence-corrected chi connectivity index (χ0v) is 8.84. The molecule has 1 aliphatic rings. The van der Waals surface area contributed by atoms with Crippen LogP contribution in [0.5, 0.6) is 0 Å². The van der Waals surface area contributed by atoms with Crippen LogP contribution < -0.4 is 0 Å². The quantitative estimate of drug-likeness (QED) is 0.545. The van der Waals surface area contributed by atoms with Crippen molar-refractivity contribution in [2.45, 2.75) is 33.1 Å². The molecule has 0 aromatic rings. The maximum Gasteiger partial charge on any atom is -0.00191 e. The third-order valence-electron chi connectivity index (χ3n) is 2.42. The summed E-state index contributed by atoms with van der Waals surface area (Å²) >= 11 is 0. The molecule has 0 bridgehead atoms. The Morgan fingerprint density at radius 1 is 1.42 bits per heavy atom. The SMILES string of the molecule is C=CC.CCC1CCN(C)CC1. The first kappa shape index (κ1) is 11.7. The Hall–Kier alpha value is -0.300. The molecular formula is C11H23N. The van der Waals surface area contributed by atoms with Crippen molar-refractivity contribution in [3.63, 3.8) is 0 Å². The van der Waals surface area contributed by atoms with E-state index >= 15 is 0 Å². The van der Waals surface area contributed by atoms with Crippen LogP contribution in [0.1, 0.15) is 33.1 Å². The Kier molecular flexibility index (Phi) is 7.17. The van der Waals surface area contributed by atoms with E-state index in [1.165, 1.54) is 32.4 Å². The molecule has 1 heteroatoms. The molecule has 1 heterocycles. The fraction of sp³-hybridized carbons (Fsp3) is 0.818. The Morgan fingerprint density at radius 2 is 1.83 bits per heavy atom. The van der Waals surface area contributed by atoms with Gasteiger partial charge in [0, 0.05) is 0 Å². The standard InChI is InChI=1S/C8H17N.C3H6/c1-3-8-4-6-9(2)7-5-8;1-3-2/h8H,3-7H2,1-2H3;3H,1H2,2H3. The van der Waals surface area contributed by atoms with E-state index in [0.717, 1.165) is 5.92 Å². The van der Waals surface area contributed by atoms with Gasteiger partial charge in [-0.1, -0.05) is 19.4 Å². The van der Waals surface area contributed by atoms with E-state index in [1.54, 1.807) is 6.08 Å². The predicted molar refractivity (Wildman–Crippen MR) is 56.4 cm³/mol. The molecule has 0 radical (unpaired) electrons. The summed E-state index contributed by atoms with van der Waals surface area (Å²) in [4.78, 5) is 2.42. The van der Waals surface area contributed by atoms with Gasteiger partial charge in [0.05, 0.1) is 0 Å². The van der Waals surface area contributed by atoms with Gasteiger partial charge in [0.15, 0.2) is 0 Å². The molecule has 0 unspecified atom stereocenters. The lowest BCUT2D eigenvalue weighted by Crippen LogP contribution is -2.29. The van der Waals surface area contributed by atoms with Crippen molar-refractivity contribution in [1.82, 2.24) is 4.90 Å². The first-order valence-corrected chi connectivity index (χ1v) is 5.00. The second-order valence-corrected chi connectivity index (χ2v) is 3.56. The summed E-state index contributed by atoms with van der Waals surface area (Å²) in [5.41, 5.74) is 0. The first-order valence-electron chi connectivity index (χ1n) is 5.00. The van der Waals surface area contributed by atoms with Crippen LogP contribution in [0.4, 0.5) is 0 Å². The van der Waals surface area contributed by atoms with E-state index < -0.39 is 0 Å². The van der Waals surface area contributed by atoms with Gasteiger partial charge < -0.3 is 4.90 Å². The topological polar surface area (TPSA) is 3.24 Å². The second-order valence-electron chi connectivity index (χ2n) is 3.56. The molecule has 1 fully saturated rings. The van der Waals surface area contributed by atoms with Crippen molar-refractivity contribution in [3.8, 4) is 0 Å². The van der Waals surface area contributed by atoms with Crippen molar-refractivity contribution in [3.05, 3.63) is 12.7 Å². The smallest absolute Gasteiger partial charge is 0.00191 e. The monoisotopic (exact) mass is 169 g/mol. The molecule has 0 saturated carbocycles. The van der Waals surface area contributed by atoms with Gasteiger partial charge in [0.2, 0.25) is 0 Å². The highest BCUT2D eigenvalue weighted by atomic mass is 15.1. The fourth-order valence-corrected chi connectivity index (χ4v) is 1.47. The van der Waals surface area contributed by atoms with Crippen LogP contribution in [0.15, 0.2) is 12.7 Å².